The van der Waals surface area contributed by atoms with Crippen molar-refractivity contribution in [3.63, 3.8) is 0 Å². The lowest BCUT2D eigenvalue weighted by Gasteiger charge is -2.36. The Morgan fingerprint density at radius 1 is 1.31 bits per heavy atom. The molecule has 0 aromatic heterocycles. The average Bonchev–Trinajstić information content (AvgIpc) is 2.27. The van der Waals surface area contributed by atoms with Crippen LogP contribution >= 0.6 is 0 Å². The monoisotopic (exact) mass is 222 g/mol. The molecule has 1 aromatic rings. The van der Waals surface area contributed by atoms with E-state index in [0.717, 1.165) is 24.3 Å². The Balaban J connectivity index is 2.23. The highest BCUT2D eigenvalue weighted by molar-refractivity contribution is 5.35. The summed E-state index contributed by atoms with van der Waals surface area (Å²) >= 11 is 0. The van der Waals surface area contributed by atoms with Gasteiger partial charge >= 0.3 is 0 Å². The van der Waals surface area contributed by atoms with Crippen molar-refractivity contribution in [2.24, 2.45) is 0 Å². The van der Waals surface area contributed by atoms with Crippen LogP contribution in [0.1, 0.15) is 31.9 Å². The summed E-state index contributed by atoms with van der Waals surface area (Å²) in [5.74, 6) is 0.370. The predicted octanol–water partition coefficient (Wildman–Crippen LogP) is 2.91. The number of ether oxygens (including phenoxy) is 3. The minimum Gasteiger partial charge on any atom is -0.496 e. The molecule has 0 spiro atoms. The largest absolute Gasteiger partial charge is 0.496 e. The second-order valence-electron chi connectivity index (χ2n) is 4.39. The Morgan fingerprint density at radius 2 is 2.06 bits per heavy atom. The van der Waals surface area contributed by atoms with Crippen LogP contribution in [-0.2, 0) is 9.47 Å². The number of benzene rings is 1. The van der Waals surface area contributed by atoms with Gasteiger partial charge in [0.05, 0.1) is 19.8 Å². The first-order valence-electron chi connectivity index (χ1n) is 5.57. The zero-order valence-corrected chi connectivity index (χ0v) is 10.0. The molecule has 0 bridgehead atoms. The third-order valence-electron chi connectivity index (χ3n) is 2.74. The second kappa shape index (κ2) is 4.44. The van der Waals surface area contributed by atoms with E-state index in [1.165, 1.54) is 0 Å². The van der Waals surface area contributed by atoms with Crippen molar-refractivity contribution in [1.82, 2.24) is 0 Å². The molecule has 1 aromatic carbocycles. The first-order valence-corrected chi connectivity index (χ1v) is 5.57. The van der Waals surface area contributed by atoms with Gasteiger partial charge in [-0.2, -0.15) is 0 Å². The van der Waals surface area contributed by atoms with E-state index in [1.54, 1.807) is 7.11 Å². The molecular formula is C13H18O3. The van der Waals surface area contributed by atoms with Crippen LogP contribution in [0, 0.1) is 0 Å². The maximum absolute atomic E-state index is 5.90. The van der Waals surface area contributed by atoms with Crippen molar-refractivity contribution >= 4 is 0 Å². The summed E-state index contributed by atoms with van der Waals surface area (Å²) < 4.78 is 16.8. The van der Waals surface area contributed by atoms with Gasteiger partial charge in [0.15, 0.2) is 5.79 Å². The highest BCUT2D eigenvalue weighted by Crippen LogP contribution is 2.36. The van der Waals surface area contributed by atoms with Gasteiger partial charge in [-0.3, -0.25) is 0 Å². The van der Waals surface area contributed by atoms with Crippen molar-refractivity contribution in [2.75, 3.05) is 13.7 Å². The van der Waals surface area contributed by atoms with Gasteiger partial charge in [0.1, 0.15) is 5.75 Å². The van der Waals surface area contributed by atoms with Crippen LogP contribution in [0.3, 0.4) is 0 Å². The molecule has 0 amide bonds. The lowest BCUT2D eigenvalue weighted by molar-refractivity contribution is -0.275. The van der Waals surface area contributed by atoms with Crippen LogP contribution in [0.2, 0.25) is 0 Å². The molecule has 1 aliphatic heterocycles. The van der Waals surface area contributed by atoms with Crippen molar-refractivity contribution < 1.29 is 14.2 Å². The Hall–Kier alpha value is -1.06. The Labute approximate surface area is 96.3 Å². The first kappa shape index (κ1) is 11.4. The standard InChI is InChI=1S/C13H18O3/c1-13(2)15-9-8-12(16-13)10-6-4-5-7-11(10)14-3/h4-7,12H,8-9H2,1-3H3. The zero-order chi connectivity index (χ0) is 11.6. The van der Waals surface area contributed by atoms with Crippen LogP contribution in [0.5, 0.6) is 5.75 Å². The summed E-state index contributed by atoms with van der Waals surface area (Å²) in [6, 6.07) is 7.97. The molecule has 88 valence electrons. The van der Waals surface area contributed by atoms with Crippen LogP contribution in [-0.4, -0.2) is 19.5 Å². The number of para-hydroxylation sites is 1. The Kier molecular flexibility index (Phi) is 3.17. The molecule has 1 atom stereocenters. The van der Waals surface area contributed by atoms with E-state index in [-0.39, 0.29) is 6.10 Å². The molecule has 2 rings (SSSR count). The summed E-state index contributed by atoms with van der Waals surface area (Å²) in [6.45, 7) is 4.60. The number of methoxy groups -OCH3 is 1. The van der Waals surface area contributed by atoms with E-state index < -0.39 is 5.79 Å². The third-order valence-corrected chi connectivity index (χ3v) is 2.74. The molecule has 0 saturated carbocycles. The molecule has 0 N–H and O–H groups in total. The predicted molar refractivity (Wildman–Crippen MR) is 61.5 cm³/mol. The van der Waals surface area contributed by atoms with Crippen molar-refractivity contribution in [3.8, 4) is 5.75 Å². The molecule has 1 unspecified atom stereocenters. The summed E-state index contributed by atoms with van der Waals surface area (Å²) in [6.07, 6.45) is 0.920. The van der Waals surface area contributed by atoms with Gasteiger partial charge in [-0.25, -0.2) is 0 Å². The summed E-state index contributed by atoms with van der Waals surface area (Å²) in [5, 5.41) is 0. The lowest BCUT2D eigenvalue weighted by Crippen LogP contribution is -2.36. The Morgan fingerprint density at radius 3 is 2.75 bits per heavy atom. The maximum Gasteiger partial charge on any atom is 0.163 e. The quantitative estimate of drug-likeness (QED) is 0.770. The summed E-state index contributed by atoms with van der Waals surface area (Å²) in [4.78, 5) is 0. The lowest BCUT2D eigenvalue weighted by atomic mass is 10.0. The molecule has 1 fully saturated rings. The van der Waals surface area contributed by atoms with Gasteiger partial charge < -0.3 is 14.2 Å². The van der Waals surface area contributed by atoms with Gasteiger partial charge in [-0.05, 0) is 19.9 Å². The molecule has 16 heavy (non-hydrogen) atoms. The van der Waals surface area contributed by atoms with Gasteiger partial charge in [0, 0.05) is 12.0 Å². The maximum atomic E-state index is 5.90. The molecule has 3 nitrogen and oxygen atoms in total. The molecule has 3 heteroatoms. The van der Waals surface area contributed by atoms with E-state index in [9.17, 15) is 0 Å². The fraction of sp³-hybridized carbons (Fsp3) is 0.538. The normalized spacial score (nSPS) is 24.1. The first-order chi connectivity index (χ1) is 7.62. The van der Waals surface area contributed by atoms with Crippen molar-refractivity contribution in [1.29, 1.82) is 0 Å². The van der Waals surface area contributed by atoms with E-state index >= 15 is 0 Å². The van der Waals surface area contributed by atoms with E-state index in [4.69, 9.17) is 14.2 Å². The van der Waals surface area contributed by atoms with Gasteiger partial charge in [-0.1, -0.05) is 18.2 Å². The van der Waals surface area contributed by atoms with E-state index in [2.05, 4.69) is 0 Å². The fourth-order valence-corrected chi connectivity index (χ4v) is 2.00. The topological polar surface area (TPSA) is 27.7 Å². The highest BCUT2D eigenvalue weighted by Gasteiger charge is 2.31. The average molecular weight is 222 g/mol. The van der Waals surface area contributed by atoms with Gasteiger partial charge in [0.2, 0.25) is 0 Å². The van der Waals surface area contributed by atoms with Crippen LogP contribution < -0.4 is 4.74 Å². The Bertz CT molecular complexity index is 360. The minimum absolute atomic E-state index is 0.0555. The fourth-order valence-electron chi connectivity index (χ4n) is 2.00. The number of rotatable bonds is 2. The number of hydrogen-bond donors (Lipinski definition) is 0. The third kappa shape index (κ3) is 2.36. The molecule has 1 heterocycles. The van der Waals surface area contributed by atoms with Crippen LogP contribution in [0.25, 0.3) is 0 Å². The molecule has 1 aliphatic rings. The highest BCUT2D eigenvalue weighted by atomic mass is 16.7. The molecule has 1 saturated heterocycles. The summed E-state index contributed by atoms with van der Waals surface area (Å²) in [5.41, 5.74) is 1.10. The van der Waals surface area contributed by atoms with Crippen molar-refractivity contribution in [2.45, 2.75) is 32.2 Å². The molecule has 0 aliphatic carbocycles. The second-order valence-corrected chi connectivity index (χ2v) is 4.39. The summed E-state index contributed by atoms with van der Waals surface area (Å²) in [7, 11) is 1.68. The smallest absolute Gasteiger partial charge is 0.163 e. The van der Waals surface area contributed by atoms with Gasteiger partial charge in [0.25, 0.3) is 0 Å². The van der Waals surface area contributed by atoms with Crippen LogP contribution in [0.4, 0.5) is 0 Å². The zero-order valence-electron chi connectivity index (χ0n) is 10.0. The molecular weight excluding hydrogens is 204 g/mol. The van der Waals surface area contributed by atoms with Crippen molar-refractivity contribution in [3.05, 3.63) is 29.8 Å². The van der Waals surface area contributed by atoms with E-state index in [0.29, 0.717) is 0 Å². The van der Waals surface area contributed by atoms with Gasteiger partial charge in [-0.15, -0.1) is 0 Å². The van der Waals surface area contributed by atoms with E-state index in [1.807, 2.05) is 38.1 Å². The minimum atomic E-state index is -0.510. The SMILES string of the molecule is COc1ccccc1C1CCOC(C)(C)O1. The number of hydrogen-bond acceptors (Lipinski definition) is 3. The van der Waals surface area contributed by atoms with Crippen LogP contribution in [0.15, 0.2) is 24.3 Å². The molecule has 0 radical (unpaired) electrons.